The Kier molecular flexibility index (Phi) is 7.55. The van der Waals surface area contributed by atoms with Crippen LogP contribution in [0.25, 0.3) is 0 Å². The van der Waals surface area contributed by atoms with Crippen LogP contribution in [-0.2, 0) is 21.3 Å². The lowest BCUT2D eigenvalue weighted by molar-refractivity contribution is 0.136. The zero-order valence-corrected chi connectivity index (χ0v) is 13.1. The highest BCUT2D eigenvalue weighted by Gasteiger charge is 2.15. The molecular weight excluding hydrogens is 284 g/mol. The fourth-order valence-corrected chi connectivity index (χ4v) is 3.87. The molecule has 0 radical (unpaired) electrons. The average molecular weight is 306 g/mol. The number of nitrogens with one attached hydrogen (secondary N) is 2. The van der Waals surface area contributed by atoms with E-state index in [2.05, 4.69) is 17.0 Å². The molecule has 0 amide bonds. The molecule has 1 aromatic rings. The number of thiophene rings is 1. The third kappa shape index (κ3) is 6.01. The molecule has 0 saturated heterocycles. The summed E-state index contributed by atoms with van der Waals surface area (Å²) < 4.78 is 32.1. The van der Waals surface area contributed by atoms with Crippen molar-refractivity contribution in [3.8, 4) is 0 Å². The summed E-state index contributed by atoms with van der Waals surface area (Å²) in [5, 5.41) is 3.00. The van der Waals surface area contributed by atoms with Gasteiger partial charge >= 0.3 is 0 Å². The first-order valence-corrected chi connectivity index (χ1v) is 8.71. The molecule has 0 aliphatic heterocycles. The Labute approximate surface area is 119 Å². The quantitative estimate of drug-likeness (QED) is 0.644. The van der Waals surface area contributed by atoms with Crippen molar-refractivity contribution in [2.75, 3.05) is 26.8 Å². The molecular formula is C12H22N2O3S2. The molecule has 110 valence electrons. The number of rotatable bonds is 10. The van der Waals surface area contributed by atoms with Crippen LogP contribution < -0.4 is 10.0 Å². The van der Waals surface area contributed by atoms with Crippen molar-refractivity contribution in [2.45, 2.75) is 30.5 Å². The van der Waals surface area contributed by atoms with Gasteiger partial charge in [-0.05, 0) is 25.6 Å². The van der Waals surface area contributed by atoms with Crippen LogP contribution in [0.4, 0.5) is 0 Å². The number of sulfonamides is 1. The van der Waals surface area contributed by atoms with E-state index in [0.29, 0.717) is 30.5 Å². The van der Waals surface area contributed by atoms with E-state index in [0.717, 1.165) is 17.7 Å². The number of hydrogen-bond donors (Lipinski definition) is 2. The first-order chi connectivity index (χ1) is 9.10. The summed E-state index contributed by atoms with van der Waals surface area (Å²) in [4.78, 5) is 1.00. The molecule has 0 aliphatic carbocycles. The van der Waals surface area contributed by atoms with Crippen molar-refractivity contribution >= 4 is 21.4 Å². The highest BCUT2D eigenvalue weighted by Crippen LogP contribution is 2.20. The predicted molar refractivity (Wildman–Crippen MR) is 78.0 cm³/mol. The highest BCUT2D eigenvalue weighted by molar-refractivity contribution is 7.91. The average Bonchev–Trinajstić information content (AvgIpc) is 2.83. The van der Waals surface area contributed by atoms with Gasteiger partial charge in [0, 0.05) is 24.6 Å². The molecule has 0 atom stereocenters. The van der Waals surface area contributed by atoms with E-state index in [9.17, 15) is 8.42 Å². The Bertz CT molecular complexity index is 457. The van der Waals surface area contributed by atoms with Crippen molar-refractivity contribution in [1.29, 1.82) is 0 Å². The third-order valence-corrected chi connectivity index (χ3v) is 5.47. The molecule has 1 rings (SSSR count). The van der Waals surface area contributed by atoms with Crippen LogP contribution in [0.15, 0.2) is 16.3 Å². The van der Waals surface area contributed by atoms with Gasteiger partial charge in [-0.3, -0.25) is 0 Å². The van der Waals surface area contributed by atoms with Gasteiger partial charge < -0.3 is 10.1 Å². The van der Waals surface area contributed by atoms with Gasteiger partial charge in [-0.2, -0.15) is 0 Å². The summed E-state index contributed by atoms with van der Waals surface area (Å²) in [6, 6.07) is 3.46. The maximum absolute atomic E-state index is 12.0. The molecule has 19 heavy (non-hydrogen) atoms. The Hall–Kier alpha value is -0.470. The lowest BCUT2D eigenvalue weighted by Crippen LogP contribution is -2.27. The van der Waals surface area contributed by atoms with E-state index in [1.807, 2.05) is 13.1 Å². The van der Waals surface area contributed by atoms with Gasteiger partial charge in [0.1, 0.15) is 4.21 Å². The second kappa shape index (κ2) is 8.65. The van der Waals surface area contributed by atoms with Crippen LogP contribution in [-0.4, -0.2) is 35.2 Å². The van der Waals surface area contributed by atoms with Crippen LogP contribution in [0.2, 0.25) is 0 Å². The SMILES string of the molecule is CCCCOCCNS(=O)(=O)c1ccc(CNC)s1. The van der Waals surface area contributed by atoms with E-state index < -0.39 is 10.0 Å². The third-order valence-electron chi connectivity index (χ3n) is 2.43. The standard InChI is InChI=1S/C12H22N2O3S2/c1-3-4-8-17-9-7-14-19(15,16)12-6-5-11(18-12)10-13-2/h5-6,13-14H,3-4,7-10H2,1-2H3. The second-order valence-electron chi connectivity index (χ2n) is 4.11. The molecule has 1 aromatic heterocycles. The fraction of sp³-hybridized carbons (Fsp3) is 0.667. The van der Waals surface area contributed by atoms with Crippen molar-refractivity contribution in [1.82, 2.24) is 10.0 Å². The minimum Gasteiger partial charge on any atom is -0.380 e. The highest BCUT2D eigenvalue weighted by atomic mass is 32.2. The van der Waals surface area contributed by atoms with E-state index in [4.69, 9.17) is 4.74 Å². The summed E-state index contributed by atoms with van der Waals surface area (Å²) in [5.74, 6) is 0. The topological polar surface area (TPSA) is 67.4 Å². The summed E-state index contributed by atoms with van der Waals surface area (Å²) in [6.07, 6.45) is 2.08. The number of unbranched alkanes of at least 4 members (excludes halogenated alkanes) is 1. The van der Waals surface area contributed by atoms with Crippen molar-refractivity contribution in [3.05, 3.63) is 17.0 Å². The van der Waals surface area contributed by atoms with E-state index in [1.54, 1.807) is 6.07 Å². The summed E-state index contributed by atoms with van der Waals surface area (Å²) >= 11 is 1.28. The molecule has 0 aliphatic rings. The molecule has 0 aromatic carbocycles. The van der Waals surface area contributed by atoms with Gasteiger partial charge in [-0.1, -0.05) is 13.3 Å². The molecule has 0 saturated carbocycles. The van der Waals surface area contributed by atoms with Crippen LogP contribution >= 0.6 is 11.3 Å². The van der Waals surface area contributed by atoms with Crippen LogP contribution in [0.5, 0.6) is 0 Å². The zero-order valence-electron chi connectivity index (χ0n) is 11.4. The molecule has 0 bridgehead atoms. The van der Waals surface area contributed by atoms with Crippen molar-refractivity contribution in [3.63, 3.8) is 0 Å². The molecule has 0 spiro atoms. The van der Waals surface area contributed by atoms with Crippen LogP contribution in [0, 0.1) is 0 Å². The maximum atomic E-state index is 12.0. The molecule has 0 fully saturated rings. The summed E-state index contributed by atoms with van der Waals surface area (Å²) in [5.41, 5.74) is 0. The normalized spacial score (nSPS) is 11.9. The van der Waals surface area contributed by atoms with Gasteiger partial charge in [-0.25, -0.2) is 13.1 Å². The summed E-state index contributed by atoms with van der Waals surface area (Å²) in [6.45, 7) is 4.18. The van der Waals surface area contributed by atoms with Gasteiger partial charge in [0.05, 0.1) is 6.61 Å². The van der Waals surface area contributed by atoms with Crippen LogP contribution in [0.3, 0.4) is 0 Å². The first-order valence-electron chi connectivity index (χ1n) is 6.41. The Balaban J connectivity index is 2.38. The van der Waals surface area contributed by atoms with Crippen molar-refractivity contribution in [2.24, 2.45) is 0 Å². The predicted octanol–water partition coefficient (Wildman–Crippen LogP) is 1.56. The van der Waals surface area contributed by atoms with Gasteiger partial charge in [0.2, 0.25) is 10.0 Å². The van der Waals surface area contributed by atoms with Gasteiger partial charge in [0.15, 0.2) is 0 Å². The minimum absolute atomic E-state index is 0.311. The van der Waals surface area contributed by atoms with Crippen molar-refractivity contribution < 1.29 is 13.2 Å². The van der Waals surface area contributed by atoms with Crippen LogP contribution in [0.1, 0.15) is 24.6 Å². The monoisotopic (exact) mass is 306 g/mol. The number of ether oxygens (including phenoxy) is 1. The lowest BCUT2D eigenvalue weighted by atomic mass is 10.4. The number of hydrogen-bond acceptors (Lipinski definition) is 5. The summed E-state index contributed by atoms with van der Waals surface area (Å²) in [7, 11) is -1.56. The molecule has 2 N–H and O–H groups in total. The first kappa shape index (κ1) is 16.6. The Morgan fingerprint density at radius 1 is 1.32 bits per heavy atom. The van der Waals surface area contributed by atoms with Gasteiger partial charge in [0.25, 0.3) is 0 Å². The minimum atomic E-state index is -3.39. The molecule has 1 heterocycles. The van der Waals surface area contributed by atoms with E-state index in [1.165, 1.54) is 11.3 Å². The lowest BCUT2D eigenvalue weighted by Gasteiger charge is -2.05. The molecule has 0 unspecified atom stereocenters. The largest absolute Gasteiger partial charge is 0.380 e. The Morgan fingerprint density at radius 3 is 2.79 bits per heavy atom. The second-order valence-corrected chi connectivity index (χ2v) is 7.28. The molecule has 5 nitrogen and oxygen atoms in total. The van der Waals surface area contributed by atoms with E-state index >= 15 is 0 Å². The van der Waals surface area contributed by atoms with E-state index in [-0.39, 0.29) is 0 Å². The van der Waals surface area contributed by atoms with Gasteiger partial charge in [-0.15, -0.1) is 11.3 Å². The fourth-order valence-electron chi connectivity index (χ4n) is 1.44. The molecule has 7 heteroatoms. The zero-order chi connectivity index (χ0) is 14.1. The Morgan fingerprint density at radius 2 is 2.11 bits per heavy atom. The maximum Gasteiger partial charge on any atom is 0.250 e. The smallest absolute Gasteiger partial charge is 0.250 e.